The number of aromatic nitrogens is 2. The fourth-order valence-corrected chi connectivity index (χ4v) is 3.25. The minimum Gasteiger partial charge on any atom is -0.335 e. The van der Waals surface area contributed by atoms with E-state index in [0.29, 0.717) is 31.9 Å². The zero-order valence-electron chi connectivity index (χ0n) is 15.5. The zero-order chi connectivity index (χ0) is 20.4. The van der Waals surface area contributed by atoms with Crippen molar-refractivity contribution in [3.05, 3.63) is 83.7 Å². The molecule has 1 aromatic heterocycles. The van der Waals surface area contributed by atoms with Crippen LogP contribution in [0.1, 0.15) is 20.8 Å². The average Bonchev–Trinajstić information content (AvgIpc) is 3.26. The van der Waals surface area contributed by atoms with Crippen LogP contribution in [0.3, 0.4) is 0 Å². The van der Waals surface area contributed by atoms with Gasteiger partial charge in [-0.25, -0.2) is 13.5 Å². The summed E-state index contributed by atoms with van der Waals surface area (Å²) in [7, 11) is 0. The van der Waals surface area contributed by atoms with Crippen LogP contribution in [0.5, 0.6) is 0 Å². The van der Waals surface area contributed by atoms with Gasteiger partial charge in [-0.2, -0.15) is 5.10 Å². The fraction of sp³-hybridized carbons (Fsp3) is 0.190. The van der Waals surface area contributed by atoms with Gasteiger partial charge in [0.1, 0.15) is 0 Å². The number of amides is 2. The SMILES string of the molecule is O=C(c1ccc(F)c(F)c1)N1CCN(C(=O)c2ccn(-c3ccccc3)n2)CC1. The van der Waals surface area contributed by atoms with Crippen molar-refractivity contribution < 1.29 is 18.4 Å². The highest BCUT2D eigenvalue weighted by atomic mass is 19.2. The number of benzene rings is 2. The van der Waals surface area contributed by atoms with E-state index in [1.54, 1.807) is 21.8 Å². The lowest BCUT2D eigenvalue weighted by atomic mass is 10.1. The van der Waals surface area contributed by atoms with Crippen molar-refractivity contribution in [1.82, 2.24) is 19.6 Å². The first kappa shape index (κ1) is 18.8. The molecule has 0 radical (unpaired) electrons. The molecule has 0 bridgehead atoms. The summed E-state index contributed by atoms with van der Waals surface area (Å²) in [4.78, 5) is 28.4. The van der Waals surface area contributed by atoms with Gasteiger partial charge in [-0.3, -0.25) is 9.59 Å². The van der Waals surface area contributed by atoms with E-state index in [-0.39, 0.29) is 17.4 Å². The maximum Gasteiger partial charge on any atom is 0.274 e. The predicted octanol–water partition coefficient (Wildman–Crippen LogP) is 2.75. The molecule has 0 atom stereocenters. The van der Waals surface area contributed by atoms with Crippen molar-refractivity contribution in [1.29, 1.82) is 0 Å². The van der Waals surface area contributed by atoms with Gasteiger partial charge < -0.3 is 9.80 Å². The highest BCUT2D eigenvalue weighted by molar-refractivity contribution is 5.95. The summed E-state index contributed by atoms with van der Waals surface area (Å²) in [5.74, 6) is -2.64. The molecule has 1 saturated heterocycles. The molecule has 0 unspecified atom stereocenters. The molecule has 2 heterocycles. The van der Waals surface area contributed by atoms with Gasteiger partial charge in [0.05, 0.1) is 5.69 Å². The van der Waals surface area contributed by atoms with Gasteiger partial charge in [0.15, 0.2) is 17.3 Å². The smallest absolute Gasteiger partial charge is 0.274 e. The van der Waals surface area contributed by atoms with Crippen LogP contribution in [-0.4, -0.2) is 57.6 Å². The fourth-order valence-electron chi connectivity index (χ4n) is 3.25. The van der Waals surface area contributed by atoms with Crippen LogP contribution in [0.2, 0.25) is 0 Å². The number of hydrogen-bond donors (Lipinski definition) is 0. The van der Waals surface area contributed by atoms with E-state index in [4.69, 9.17) is 0 Å². The molecule has 0 aliphatic carbocycles. The van der Waals surface area contributed by atoms with E-state index in [1.165, 1.54) is 11.0 Å². The Labute approximate surface area is 166 Å². The summed E-state index contributed by atoms with van der Waals surface area (Å²) in [6, 6.07) is 14.2. The Morgan fingerprint density at radius 3 is 2.10 bits per heavy atom. The lowest BCUT2D eigenvalue weighted by Gasteiger charge is -2.34. The van der Waals surface area contributed by atoms with Crippen molar-refractivity contribution in [2.75, 3.05) is 26.2 Å². The largest absolute Gasteiger partial charge is 0.335 e. The zero-order valence-corrected chi connectivity index (χ0v) is 15.5. The van der Waals surface area contributed by atoms with Crippen LogP contribution in [0.4, 0.5) is 8.78 Å². The molecule has 148 valence electrons. The van der Waals surface area contributed by atoms with E-state index in [9.17, 15) is 18.4 Å². The standard InChI is InChI=1S/C21H18F2N4O2/c22-17-7-6-15(14-18(17)23)20(28)25-10-12-26(13-11-25)21(29)19-8-9-27(24-19)16-4-2-1-3-5-16/h1-9,14H,10-13H2. The molecule has 6 nitrogen and oxygen atoms in total. The normalized spacial score (nSPS) is 14.1. The topological polar surface area (TPSA) is 58.4 Å². The molecule has 2 aromatic carbocycles. The first-order valence-electron chi connectivity index (χ1n) is 9.17. The minimum absolute atomic E-state index is 0.0882. The Bertz CT molecular complexity index is 1040. The Balaban J connectivity index is 1.39. The van der Waals surface area contributed by atoms with Gasteiger partial charge in [0, 0.05) is 37.9 Å². The minimum atomic E-state index is -1.06. The van der Waals surface area contributed by atoms with Crippen LogP contribution < -0.4 is 0 Å². The number of carbonyl (C=O) groups excluding carboxylic acids is 2. The predicted molar refractivity (Wildman–Crippen MR) is 102 cm³/mol. The molecular weight excluding hydrogens is 378 g/mol. The van der Waals surface area contributed by atoms with Crippen molar-refractivity contribution in [2.24, 2.45) is 0 Å². The van der Waals surface area contributed by atoms with E-state index < -0.39 is 11.6 Å². The van der Waals surface area contributed by atoms with Crippen LogP contribution >= 0.6 is 0 Å². The third-order valence-corrected chi connectivity index (χ3v) is 4.85. The van der Waals surface area contributed by atoms with Crippen molar-refractivity contribution in [3.63, 3.8) is 0 Å². The number of carbonyl (C=O) groups is 2. The Morgan fingerprint density at radius 2 is 1.45 bits per heavy atom. The summed E-state index contributed by atoms with van der Waals surface area (Å²) >= 11 is 0. The Hall–Kier alpha value is -3.55. The first-order chi connectivity index (χ1) is 14.0. The summed E-state index contributed by atoms with van der Waals surface area (Å²) in [5.41, 5.74) is 1.27. The lowest BCUT2D eigenvalue weighted by molar-refractivity contribution is 0.0531. The molecular formula is C21H18F2N4O2. The molecule has 0 saturated carbocycles. The highest BCUT2D eigenvalue weighted by Crippen LogP contribution is 2.15. The summed E-state index contributed by atoms with van der Waals surface area (Å²) in [5, 5.41) is 4.34. The van der Waals surface area contributed by atoms with Gasteiger partial charge in [-0.1, -0.05) is 18.2 Å². The Morgan fingerprint density at radius 1 is 0.793 bits per heavy atom. The molecule has 29 heavy (non-hydrogen) atoms. The number of nitrogens with zero attached hydrogens (tertiary/aromatic N) is 4. The monoisotopic (exact) mass is 396 g/mol. The van der Waals surface area contributed by atoms with Crippen LogP contribution in [0.15, 0.2) is 60.8 Å². The van der Waals surface area contributed by atoms with Gasteiger partial charge in [-0.05, 0) is 36.4 Å². The number of para-hydroxylation sites is 1. The lowest BCUT2D eigenvalue weighted by Crippen LogP contribution is -2.50. The average molecular weight is 396 g/mol. The van der Waals surface area contributed by atoms with Gasteiger partial charge in [-0.15, -0.1) is 0 Å². The quantitative estimate of drug-likeness (QED) is 0.684. The van der Waals surface area contributed by atoms with Crippen LogP contribution in [0, 0.1) is 11.6 Å². The van der Waals surface area contributed by atoms with E-state index in [1.807, 2.05) is 30.3 Å². The third-order valence-electron chi connectivity index (χ3n) is 4.85. The first-order valence-corrected chi connectivity index (χ1v) is 9.17. The van der Waals surface area contributed by atoms with Crippen LogP contribution in [0.25, 0.3) is 5.69 Å². The second kappa shape index (κ2) is 7.83. The molecule has 0 spiro atoms. The molecule has 3 aromatic rings. The molecule has 0 N–H and O–H groups in total. The van der Waals surface area contributed by atoms with Gasteiger partial charge in [0.2, 0.25) is 0 Å². The number of piperazine rings is 1. The molecule has 1 aliphatic rings. The molecule has 1 aliphatic heterocycles. The molecule has 4 rings (SSSR count). The number of halogens is 2. The molecule has 2 amide bonds. The molecule has 1 fully saturated rings. The number of rotatable bonds is 3. The highest BCUT2D eigenvalue weighted by Gasteiger charge is 2.27. The van der Waals surface area contributed by atoms with E-state index >= 15 is 0 Å². The molecule has 8 heteroatoms. The maximum absolute atomic E-state index is 13.4. The van der Waals surface area contributed by atoms with Crippen molar-refractivity contribution in [2.45, 2.75) is 0 Å². The van der Waals surface area contributed by atoms with Gasteiger partial charge >= 0.3 is 0 Å². The summed E-state index contributed by atoms with van der Waals surface area (Å²) in [6.45, 7) is 1.30. The Kier molecular flexibility index (Phi) is 5.07. The summed E-state index contributed by atoms with van der Waals surface area (Å²) < 4.78 is 28.1. The van der Waals surface area contributed by atoms with Crippen LogP contribution in [-0.2, 0) is 0 Å². The number of hydrogen-bond acceptors (Lipinski definition) is 3. The van der Waals surface area contributed by atoms with Crippen molar-refractivity contribution in [3.8, 4) is 5.69 Å². The second-order valence-electron chi connectivity index (χ2n) is 6.69. The summed E-state index contributed by atoms with van der Waals surface area (Å²) in [6.07, 6.45) is 1.73. The van der Waals surface area contributed by atoms with E-state index in [0.717, 1.165) is 17.8 Å². The van der Waals surface area contributed by atoms with E-state index in [2.05, 4.69) is 5.10 Å². The third kappa shape index (κ3) is 3.87. The second-order valence-corrected chi connectivity index (χ2v) is 6.69. The van der Waals surface area contributed by atoms with Gasteiger partial charge in [0.25, 0.3) is 11.8 Å². The van der Waals surface area contributed by atoms with Crippen molar-refractivity contribution >= 4 is 11.8 Å². The maximum atomic E-state index is 13.4.